The van der Waals surface area contributed by atoms with Gasteiger partial charge in [-0.15, -0.1) is 0 Å². The Balaban J connectivity index is 2.21. The minimum atomic E-state index is -3.53. The molecule has 1 saturated heterocycles. The molecule has 1 fully saturated rings. The van der Waals surface area contributed by atoms with E-state index in [1.54, 1.807) is 12.1 Å². The highest BCUT2D eigenvalue weighted by Gasteiger charge is 2.30. The highest BCUT2D eigenvalue weighted by Crippen LogP contribution is 2.20. The molecule has 12 heavy (non-hydrogen) atoms. The Kier molecular flexibility index (Phi) is 1.67. The zero-order chi connectivity index (χ0) is 8.60. The molecule has 0 spiro atoms. The predicted molar refractivity (Wildman–Crippen MR) is 39.5 cm³/mol. The third-order valence-electron chi connectivity index (χ3n) is 1.56. The maximum atomic E-state index is 10.8. The molecular weight excluding hydrogens is 182 g/mol. The standard InChI is InChI=1S/C6H7NO4S/c8-12(9)7-5(4-11-12)6-2-1-3-10-6/h1-3,5,7H,4H2/t5-/m1/s1. The monoisotopic (exact) mass is 189 g/mol. The number of nitrogens with one attached hydrogen (secondary N) is 1. The summed E-state index contributed by atoms with van der Waals surface area (Å²) in [5.74, 6) is 0.566. The van der Waals surface area contributed by atoms with Crippen molar-refractivity contribution in [2.45, 2.75) is 6.04 Å². The van der Waals surface area contributed by atoms with Crippen molar-refractivity contribution < 1.29 is 17.0 Å². The van der Waals surface area contributed by atoms with Crippen LogP contribution in [-0.2, 0) is 14.5 Å². The zero-order valence-electron chi connectivity index (χ0n) is 6.06. The fraction of sp³-hybridized carbons (Fsp3) is 0.333. The SMILES string of the molecule is O=S1(=O)N[C@@H](c2ccco2)CO1. The van der Waals surface area contributed by atoms with Crippen LogP contribution >= 0.6 is 0 Å². The van der Waals surface area contributed by atoms with Gasteiger partial charge in [-0.1, -0.05) is 0 Å². The van der Waals surface area contributed by atoms with Crippen molar-refractivity contribution in [3.63, 3.8) is 0 Å². The Morgan fingerprint density at radius 2 is 2.42 bits per heavy atom. The summed E-state index contributed by atoms with van der Waals surface area (Å²) < 4.78 is 33.3. The van der Waals surface area contributed by atoms with E-state index in [2.05, 4.69) is 8.91 Å². The van der Waals surface area contributed by atoms with E-state index in [0.717, 1.165) is 0 Å². The van der Waals surface area contributed by atoms with Gasteiger partial charge in [0.25, 0.3) is 0 Å². The summed E-state index contributed by atoms with van der Waals surface area (Å²) in [5, 5.41) is 0. The Labute approximate surface area is 69.6 Å². The zero-order valence-corrected chi connectivity index (χ0v) is 6.87. The number of hydrogen-bond acceptors (Lipinski definition) is 4. The normalized spacial score (nSPS) is 27.5. The van der Waals surface area contributed by atoms with Crippen LogP contribution in [-0.4, -0.2) is 15.0 Å². The van der Waals surface area contributed by atoms with Crippen molar-refractivity contribution in [2.24, 2.45) is 0 Å². The van der Waals surface area contributed by atoms with E-state index < -0.39 is 10.3 Å². The average Bonchev–Trinajstić information content (AvgIpc) is 2.55. The lowest BCUT2D eigenvalue weighted by Crippen LogP contribution is -2.19. The first-order chi connectivity index (χ1) is 5.67. The molecule has 0 aromatic carbocycles. The van der Waals surface area contributed by atoms with Gasteiger partial charge in [-0.25, -0.2) is 0 Å². The predicted octanol–water partition coefficient (Wildman–Crippen LogP) is 0.185. The largest absolute Gasteiger partial charge is 0.468 e. The molecule has 0 unspecified atom stereocenters. The second kappa shape index (κ2) is 2.58. The van der Waals surface area contributed by atoms with E-state index in [1.165, 1.54) is 6.26 Å². The second-order valence-electron chi connectivity index (χ2n) is 2.42. The van der Waals surface area contributed by atoms with Crippen LogP contribution in [0.1, 0.15) is 11.8 Å². The van der Waals surface area contributed by atoms with E-state index in [0.29, 0.717) is 5.76 Å². The van der Waals surface area contributed by atoms with Crippen LogP contribution in [0.2, 0.25) is 0 Å². The highest BCUT2D eigenvalue weighted by molar-refractivity contribution is 7.84. The molecule has 1 atom stereocenters. The van der Waals surface area contributed by atoms with Gasteiger partial charge in [-0.2, -0.15) is 13.1 Å². The second-order valence-corrected chi connectivity index (χ2v) is 3.80. The smallest absolute Gasteiger partial charge is 0.336 e. The quantitative estimate of drug-likeness (QED) is 0.684. The molecule has 1 aromatic rings. The number of hydrogen-bond donors (Lipinski definition) is 1. The third kappa shape index (κ3) is 1.36. The first kappa shape index (κ1) is 7.78. The van der Waals surface area contributed by atoms with Crippen LogP contribution < -0.4 is 4.72 Å². The van der Waals surface area contributed by atoms with Gasteiger partial charge in [0, 0.05) is 0 Å². The average molecular weight is 189 g/mol. The summed E-state index contributed by atoms with van der Waals surface area (Å²) in [6.07, 6.45) is 1.49. The highest BCUT2D eigenvalue weighted by atomic mass is 32.2. The molecule has 5 nitrogen and oxygen atoms in total. The van der Waals surface area contributed by atoms with E-state index >= 15 is 0 Å². The van der Waals surface area contributed by atoms with Gasteiger partial charge < -0.3 is 4.42 Å². The summed E-state index contributed by atoms with van der Waals surface area (Å²) in [4.78, 5) is 0. The molecule has 1 aliphatic heterocycles. The molecule has 2 rings (SSSR count). The van der Waals surface area contributed by atoms with Gasteiger partial charge in [0.15, 0.2) is 0 Å². The fourth-order valence-electron chi connectivity index (χ4n) is 1.03. The van der Waals surface area contributed by atoms with Gasteiger partial charge in [-0.05, 0) is 12.1 Å². The van der Waals surface area contributed by atoms with Crippen LogP contribution in [0.15, 0.2) is 22.8 Å². The Bertz CT molecular complexity index is 355. The van der Waals surface area contributed by atoms with Gasteiger partial charge in [-0.3, -0.25) is 4.18 Å². The van der Waals surface area contributed by atoms with Gasteiger partial charge >= 0.3 is 10.3 Å². The van der Waals surface area contributed by atoms with Crippen LogP contribution in [0.5, 0.6) is 0 Å². The Morgan fingerprint density at radius 1 is 1.58 bits per heavy atom. The van der Waals surface area contributed by atoms with Gasteiger partial charge in [0.1, 0.15) is 11.8 Å². The van der Waals surface area contributed by atoms with Crippen molar-refractivity contribution in [1.82, 2.24) is 4.72 Å². The van der Waals surface area contributed by atoms with Crippen LogP contribution in [0.3, 0.4) is 0 Å². The van der Waals surface area contributed by atoms with Crippen molar-refractivity contribution in [3.05, 3.63) is 24.2 Å². The fourth-order valence-corrected chi connectivity index (χ4v) is 1.95. The third-order valence-corrected chi connectivity index (χ3v) is 2.58. The van der Waals surface area contributed by atoms with E-state index in [1.807, 2.05) is 0 Å². The van der Waals surface area contributed by atoms with Gasteiger partial charge in [0.05, 0.1) is 12.9 Å². The lowest BCUT2D eigenvalue weighted by atomic mass is 10.2. The summed E-state index contributed by atoms with van der Waals surface area (Å²) in [7, 11) is -3.53. The Hall–Kier alpha value is -0.850. The van der Waals surface area contributed by atoms with Gasteiger partial charge in [0.2, 0.25) is 0 Å². The summed E-state index contributed by atoms with van der Waals surface area (Å²) in [6.45, 7) is 0.0931. The number of furan rings is 1. The summed E-state index contributed by atoms with van der Waals surface area (Å²) in [6, 6.07) is 3.01. The summed E-state index contributed by atoms with van der Waals surface area (Å²) in [5.41, 5.74) is 0. The minimum Gasteiger partial charge on any atom is -0.468 e. The minimum absolute atomic E-state index is 0.0931. The molecule has 0 bridgehead atoms. The van der Waals surface area contributed by atoms with Crippen LogP contribution in [0, 0.1) is 0 Å². The first-order valence-corrected chi connectivity index (χ1v) is 4.78. The molecule has 0 saturated carbocycles. The molecule has 1 N–H and O–H groups in total. The molecule has 1 aromatic heterocycles. The first-order valence-electron chi connectivity index (χ1n) is 3.37. The van der Waals surface area contributed by atoms with Crippen LogP contribution in [0.25, 0.3) is 0 Å². The molecule has 66 valence electrons. The van der Waals surface area contributed by atoms with E-state index in [-0.39, 0.29) is 12.6 Å². The summed E-state index contributed by atoms with van der Waals surface area (Å²) >= 11 is 0. The maximum Gasteiger partial charge on any atom is 0.336 e. The number of rotatable bonds is 1. The molecule has 0 radical (unpaired) electrons. The van der Waals surface area contributed by atoms with Crippen molar-refractivity contribution in [1.29, 1.82) is 0 Å². The lowest BCUT2D eigenvalue weighted by molar-refractivity contribution is 0.321. The molecule has 0 amide bonds. The van der Waals surface area contributed by atoms with Crippen molar-refractivity contribution in [3.8, 4) is 0 Å². The molecule has 0 aliphatic carbocycles. The molecule has 6 heteroatoms. The van der Waals surface area contributed by atoms with Crippen LogP contribution in [0.4, 0.5) is 0 Å². The van der Waals surface area contributed by atoms with Crippen molar-refractivity contribution >= 4 is 10.3 Å². The van der Waals surface area contributed by atoms with E-state index in [4.69, 9.17) is 4.42 Å². The Morgan fingerprint density at radius 3 is 2.92 bits per heavy atom. The van der Waals surface area contributed by atoms with Crippen molar-refractivity contribution in [2.75, 3.05) is 6.61 Å². The lowest BCUT2D eigenvalue weighted by Gasteiger charge is -1.99. The molecule has 1 aliphatic rings. The topological polar surface area (TPSA) is 68.5 Å². The maximum absolute atomic E-state index is 10.8. The molecular formula is C6H7NO4S. The van der Waals surface area contributed by atoms with E-state index in [9.17, 15) is 8.42 Å². The molecule has 2 heterocycles.